The van der Waals surface area contributed by atoms with Gasteiger partial charge in [0.1, 0.15) is 23.7 Å². The Labute approximate surface area is 233 Å². The Bertz CT molecular complexity index is 746. The number of nitrogens with one attached hydrogen (secondary N) is 3. The largest absolute Gasteiger partial charge is 0.364 e. The zero-order valence-electron chi connectivity index (χ0n) is 24.4. The third kappa shape index (κ3) is 12.3. The molecular formula is C26H50N6O3S2. The van der Waals surface area contributed by atoms with Gasteiger partial charge in [-0.15, -0.1) is 4.52 Å². The number of hydrogen-bond acceptors (Lipinski definition) is 9. The van der Waals surface area contributed by atoms with Crippen LogP contribution in [0.15, 0.2) is 33.4 Å². The van der Waals surface area contributed by atoms with Crippen LogP contribution < -0.4 is 16.0 Å². The number of thioether (sulfide) groups is 1. The van der Waals surface area contributed by atoms with Crippen LogP contribution in [-0.4, -0.2) is 85.2 Å². The molecule has 9 nitrogen and oxygen atoms in total. The van der Waals surface area contributed by atoms with Crippen LogP contribution in [0.5, 0.6) is 0 Å². The van der Waals surface area contributed by atoms with Gasteiger partial charge in [0.25, 0.3) is 0 Å². The van der Waals surface area contributed by atoms with Crippen molar-refractivity contribution in [2.75, 3.05) is 32.7 Å². The van der Waals surface area contributed by atoms with Gasteiger partial charge in [0.05, 0.1) is 12.1 Å². The number of likely N-dealkylation sites (N-methyl/N-ethyl adjacent to an activating group) is 1. The van der Waals surface area contributed by atoms with Crippen LogP contribution in [0.2, 0.25) is 0 Å². The van der Waals surface area contributed by atoms with Gasteiger partial charge in [-0.25, -0.2) is 0 Å². The summed E-state index contributed by atoms with van der Waals surface area (Å²) in [6.07, 6.45) is 9.37. The fourth-order valence-corrected chi connectivity index (χ4v) is 4.81. The summed E-state index contributed by atoms with van der Waals surface area (Å²) >= 11 is 2.91. The van der Waals surface area contributed by atoms with Crippen LogP contribution in [-0.2, 0) is 14.3 Å². The Morgan fingerprint density at radius 3 is 2.35 bits per heavy atom. The molecule has 0 saturated carbocycles. The van der Waals surface area contributed by atoms with Crippen molar-refractivity contribution in [2.24, 2.45) is 9.63 Å². The van der Waals surface area contributed by atoms with E-state index in [0.717, 1.165) is 18.4 Å². The zero-order valence-corrected chi connectivity index (χ0v) is 26.0. The fraction of sp³-hybridized carbons (Fsp3) is 0.769. The van der Waals surface area contributed by atoms with E-state index in [4.69, 9.17) is 4.74 Å². The van der Waals surface area contributed by atoms with Crippen molar-refractivity contribution in [3.63, 3.8) is 0 Å². The SMILES string of the molecule is C/C=C(\C)C1N=NSC1NC(OC)C(C)N(CCCC)C(=O)C(CSC)NC(=O)[C@H](C)NC.C/C=C\C. The van der Waals surface area contributed by atoms with E-state index in [1.165, 1.54) is 23.7 Å². The summed E-state index contributed by atoms with van der Waals surface area (Å²) < 4.78 is 9.95. The van der Waals surface area contributed by atoms with Crippen molar-refractivity contribution in [2.45, 2.75) is 97.1 Å². The van der Waals surface area contributed by atoms with E-state index < -0.39 is 12.3 Å². The van der Waals surface area contributed by atoms with E-state index in [-0.39, 0.29) is 35.3 Å². The molecule has 0 bridgehead atoms. The van der Waals surface area contributed by atoms with Gasteiger partial charge >= 0.3 is 0 Å². The highest BCUT2D eigenvalue weighted by Crippen LogP contribution is 2.30. The highest BCUT2D eigenvalue weighted by molar-refractivity contribution is 7.98. The quantitative estimate of drug-likeness (QED) is 0.156. The molecule has 0 aromatic rings. The van der Waals surface area contributed by atoms with Crippen LogP contribution in [0.1, 0.15) is 61.3 Å². The number of carbonyl (C=O) groups is 2. The van der Waals surface area contributed by atoms with Crippen molar-refractivity contribution in [3.8, 4) is 0 Å². The first-order chi connectivity index (χ1) is 17.7. The van der Waals surface area contributed by atoms with Crippen molar-refractivity contribution >= 4 is 35.5 Å². The number of ether oxygens (including phenoxy) is 1. The molecule has 1 heterocycles. The van der Waals surface area contributed by atoms with Crippen LogP contribution >= 0.6 is 23.7 Å². The number of methoxy groups -OCH3 is 1. The fourth-order valence-electron chi connectivity index (χ4n) is 3.41. The highest BCUT2D eigenvalue weighted by atomic mass is 32.2. The van der Waals surface area contributed by atoms with E-state index >= 15 is 0 Å². The van der Waals surface area contributed by atoms with Gasteiger partial charge in [-0.2, -0.15) is 16.9 Å². The molecule has 2 amide bonds. The number of nitrogens with zero attached hydrogens (tertiary/aromatic N) is 3. The van der Waals surface area contributed by atoms with Crippen LogP contribution in [0.3, 0.4) is 0 Å². The number of rotatable bonds is 15. The predicted molar refractivity (Wildman–Crippen MR) is 159 cm³/mol. The molecule has 11 heteroatoms. The van der Waals surface area contributed by atoms with Gasteiger partial charge in [0.2, 0.25) is 11.8 Å². The summed E-state index contributed by atoms with van der Waals surface area (Å²) in [6, 6.07) is -1.32. The Hall–Kier alpha value is -1.40. The number of carbonyl (C=O) groups excluding carboxylic acids is 2. The molecule has 0 saturated heterocycles. The van der Waals surface area contributed by atoms with Gasteiger partial charge < -0.3 is 20.3 Å². The lowest BCUT2D eigenvalue weighted by atomic mass is 10.1. The molecule has 0 radical (unpaired) electrons. The summed E-state index contributed by atoms with van der Waals surface area (Å²) in [7, 11) is 3.36. The Morgan fingerprint density at radius 1 is 1.22 bits per heavy atom. The molecule has 0 aromatic carbocycles. The molecule has 0 aromatic heterocycles. The van der Waals surface area contributed by atoms with Crippen molar-refractivity contribution in [1.29, 1.82) is 0 Å². The van der Waals surface area contributed by atoms with E-state index in [0.29, 0.717) is 12.3 Å². The average Bonchev–Trinajstić information content (AvgIpc) is 3.38. The van der Waals surface area contributed by atoms with Crippen LogP contribution in [0.4, 0.5) is 0 Å². The lowest BCUT2D eigenvalue weighted by molar-refractivity contribution is -0.141. The molecule has 0 spiro atoms. The number of hydrogen-bond donors (Lipinski definition) is 3. The summed E-state index contributed by atoms with van der Waals surface area (Å²) in [6.45, 7) is 14.5. The smallest absolute Gasteiger partial charge is 0.246 e. The highest BCUT2D eigenvalue weighted by Gasteiger charge is 2.36. The average molecular weight is 559 g/mol. The zero-order chi connectivity index (χ0) is 28.4. The summed E-state index contributed by atoms with van der Waals surface area (Å²) in [5.41, 5.74) is 1.13. The first kappa shape index (κ1) is 35.6. The summed E-state index contributed by atoms with van der Waals surface area (Å²) in [5, 5.41) is 13.6. The first-order valence-corrected chi connectivity index (χ1v) is 15.2. The predicted octanol–water partition coefficient (Wildman–Crippen LogP) is 4.38. The third-order valence-electron chi connectivity index (χ3n) is 6.20. The van der Waals surface area contributed by atoms with E-state index in [2.05, 4.69) is 32.5 Å². The normalized spacial score (nSPS) is 20.6. The minimum absolute atomic E-state index is 0.0730. The molecule has 6 atom stereocenters. The van der Waals surface area contributed by atoms with Crippen LogP contribution in [0.25, 0.3) is 0 Å². The van der Waals surface area contributed by atoms with Gasteiger partial charge in [0, 0.05) is 31.4 Å². The molecule has 3 N–H and O–H groups in total. The minimum atomic E-state index is -0.607. The third-order valence-corrected chi connectivity index (χ3v) is 7.67. The Kier molecular flexibility index (Phi) is 19.8. The van der Waals surface area contributed by atoms with E-state index in [1.807, 2.05) is 64.0 Å². The van der Waals surface area contributed by atoms with Crippen LogP contribution in [0, 0.1) is 0 Å². The van der Waals surface area contributed by atoms with E-state index in [9.17, 15) is 9.59 Å². The lowest BCUT2D eigenvalue weighted by Gasteiger charge is -2.38. The standard InChI is InChI=1S/C22H42N6O3S2.C4H8/c1-9-11-12-28(22(30)17(13-32-8)24-19(29)15(4)23-6)16(5)20(31-7)25-21-18(14(3)10-2)26-27-33-21;1-3-4-2/h10,15-18,20-21,23,25H,9,11-13H2,1-8H3,(H,24,29);3-4H,1-2H3/b14-10+;4-3-/t15-,16?,17?,18?,20?,21?;/m0./s1. The van der Waals surface area contributed by atoms with Gasteiger partial charge in [-0.1, -0.05) is 31.6 Å². The van der Waals surface area contributed by atoms with Gasteiger partial charge in [-0.05, 0) is 66.8 Å². The lowest BCUT2D eigenvalue weighted by Crippen LogP contribution is -2.60. The molecule has 1 aliphatic rings. The Balaban J connectivity index is 0.00000300. The molecule has 37 heavy (non-hydrogen) atoms. The van der Waals surface area contributed by atoms with Crippen molar-refractivity contribution < 1.29 is 14.3 Å². The first-order valence-electron chi connectivity index (χ1n) is 13.0. The second kappa shape index (κ2) is 20.5. The number of unbranched alkanes of at least 4 members (excludes halogenated alkanes) is 1. The molecule has 0 aliphatic carbocycles. The molecule has 5 unspecified atom stereocenters. The summed E-state index contributed by atoms with van der Waals surface area (Å²) in [4.78, 5) is 28.0. The maximum atomic E-state index is 13.6. The molecule has 1 aliphatic heterocycles. The molecule has 0 fully saturated rings. The van der Waals surface area contributed by atoms with E-state index in [1.54, 1.807) is 21.1 Å². The maximum absolute atomic E-state index is 13.6. The van der Waals surface area contributed by atoms with Crippen molar-refractivity contribution in [3.05, 3.63) is 23.8 Å². The second-order valence-corrected chi connectivity index (χ2v) is 10.6. The Morgan fingerprint density at radius 2 is 1.86 bits per heavy atom. The minimum Gasteiger partial charge on any atom is -0.364 e. The van der Waals surface area contributed by atoms with Gasteiger partial charge in [-0.3, -0.25) is 14.9 Å². The number of amides is 2. The molecule has 214 valence electrons. The van der Waals surface area contributed by atoms with Crippen molar-refractivity contribution in [1.82, 2.24) is 20.9 Å². The maximum Gasteiger partial charge on any atom is 0.246 e. The monoisotopic (exact) mass is 558 g/mol. The molecular weight excluding hydrogens is 508 g/mol. The topological polar surface area (TPSA) is 107 Å². The second-order valence-electron chi connectivity index (χ2n) is 8.84. The summed E-state index contributed by atoms with van der Waals surface area (Å²) in [5.74, 6) is 0.213. The number of allylic oxidation sites excluding steroid dienone is 3. The van der Waals surface area contributed by atoms with Gasteiger partial charge in [0.15, 0.2) is 0 Å². The molecule has 1 rings (SSSR count).